The summed E-state index contributed by atoms with van der Waals surface area (Å²) in [4.78, 5) is 0. The van der Waals surface area contributed by atoms with E-state index in [9.17, 15) is 0 Å². The molecule has 1 aromatic rings. The van der Waals surface area contributed by atoms with Gasteiger partial charge in [0.1, 0.15) is 0 Å². The summed E-state index contributed by atoms with van der Waals surface area (Å²) in [6, 6.07) is 9.75. The highest BCUT2D eigenvalue weighted by Gasteiger charge is 2.29. The lowest BCUT2D eigenvalue weighted by atomic mass is 9.76. The van der Waals surface area contributed by atoms with Gasteiger partial charge in [-0.3, -0.25) is 0 Å². The molecule has 0 spiro atoms. The average Bonchev–Trinajstić information content (AvgIpc) is 2.18. The van der Waals surface area contributed by atoms with Gasteiger partial charge in [-0.2, -0.15) is 0 Å². The van der Waals surface area contributed by atoms with Gasteiger partial charge < -0.3 is 5.32 Å². The molecule has 0 aliphatic heterocycles. The molecule has 0 heterocycles. The van der Waals surface area contributed by atoms with E-state index in [-0.39, 0.29) is 0 Å². The highest BCUT2D eigenvalue weighted by molar-refractivity contribution is 14.1. The third-order valence-corrected chi connectivity index (χ3v) is 3.88. The van der Waals surface area contributed by atoms with E-state index in [2.05, 4.69) is 59.1 Å². The topological polar surface area (TPSA) is 12.0 Å². The summed E-state index contributed by atoms with van der Waals surface area (Å²) in [5.41, 5.74) is 1.52. The Bertz CT molecular complexity index is 301. The number of rotatable bonds is 4. The maximum absolute atomic E-state index is 3.58. The average molecular weight is 315 g/mol. The van der Waals surface area contributed by atoms with Crippen LogP contribution in [0, 0.1) is 3.57 Å². The monoisotopic (exact) mass is 315 g/mol. The minimum absolute atomic E-state index is 0.772. The Morgan fingerprint density at radius 3 is 2.53 bits per heavy atom. The van der Waals surface area contributed by atoms with Crippen LogP contribution < -0.4 is 5.32 Å². The molecule has 2 heteroatoms. The summed E-state index contributed by atoms with van der Waals surface area (Å²) in [5, 5.41) is 3.58. The predicted octanol–water partition coefficient (Wildman–Crippen LogP) is 3.54. The van der Waals surface area contributed by atoms with Crippen molar-refractivity contribution < 1.29 is 0 Å². The van der Waals surface area contributed by atoms with E-state index in [1.54, 1.807) is 0 Å². The summed E-state index contributed by atoms with van der Waals surface area (Å²) in [6.45, 7) is 3.40. The zero-order chi connectivity index (χ0) is 10.7. The fourth-order valence-electron chi connectivity index (χ4n) is 2.14. The number of hydrogen-bond acceptors (Lipinski definition) is 1. The molecule has 1 N–H and O–H groups in total. The number of benzene rings is 1. The summed E-state index contributed by atoms with van der Waals surface area (Å²) in [5.74, 6) is 0.802. The Hall–Kier alpha value is -0.0900. The molecule has 82 valence electrons. The van der Waals surface area contributed by atoms with E-state index in [0.717, 1.165) is 12.0 Å². The predicted molar refractivity (Wildman–Crippen MR) is 73.2 cm³/mol. The van der Waals surface area contributed by atoms with Crippen molar-refractivity contribution in [2.45, 2.75) is 38.1 Å². The Morgan fingerprint density at radius 1 is 1.27 bits per heavy atom. The Labute approximate surface area is 106 Å². The van der Waals surface area contributed by atoms with E-state index in [4.69, 9.17) is 0 Å². The maximum Gasteiger partial charge on any atom is 0.0130 e. The van der Waals surface area contributed by atoms with Crippen LogP contribution in [0.15, 0.2) is 24.3 Å². The second-order valence-electron chi connectivity index (χ2n) is 4.37. The smallest absolute Gasteiger partial charge is 0.0130 e. The van der Waals surface area contributed by atoms with Crippen molar-refractivity contribution in [1.29, 1.82) is 0 Å². The van der Waals surface area contributed by atoms with E-state index in [1.807, 2.05) is 0 Å². The van der Waals surface area contributed by atoms with Gasteiger partial charge in [-0.25, -0.2) is 0 Å². The third-order valence-electron chi connectivity index (χ3n) is 3.16. The molecule has 1 saturated carbocycles. The summed E-state index contributed by atoms with van der Waals surface area (Å²) >= 11 is 2.36. The summed E-state index contributed by atoms with van der Waals surface area (Å²) in [7, 11) is 0. The van der Waals surface area contributed by atoms with Gasteiger partial charge in [0.15, 0.2) is 0 Å². The summed E-state index contributed by atoms with van der Waals surface area (Å²) in [6.07, 6.45) is 3.88. The molecule has 1 aliphatic rings. The van der Waals surface area contributed by atoms with Crippen molar-refractivity contribution in [2.24, 2.45) is 0 Å². The first kappa shape index (κ1) is 11.4. The number of hydrogen-bond donors (Lipinski definition) is 1. The van der Waals surface area contributed by atoms with Gasteiger partial charge >= 0.3 is 0 Å². The fraction of sp³-hybridized carbons (Fsp3) is 0.538. The molecule has 0 radical (unpaired) electrons. The van der Waals surface area contributed by atoms with Crippen LogP contribution in [0.2, 0.25) is 0 Å². The zero-order valence-corrected chi connectivity index (χ0v) is 11.3. The van der Waals surface area contributed by atoms with Crippen molar-refractivity contribution >= 4 is 22.6 Å². The van der Waals surface area contributed by atoms with Gasteiger partial charge in [-0.05, 0) is 72.0 Å². The van der Waals surface area contributed by atoms with E-state index >= 15 is 0 Å². The molecular formula is C13H18IN. The van der Waals surface area contributed by atoms with E-state index in [0.29, 0.717) is 0 Å². The number of nitrogens with one attached hydrogen (secondary N) is 1. The Morgan fingerprint density at radius 2 is 1.93 bits per heavy atom. The van der Waals surface area contributed by atoms with Gasteiger partial charge in [-0.1, -0.05) is 19.1 Å². The lowest BCUT2D eigenvalue weighted by molar-refractivity contribution is 0.292. The van der Waals surface area contributed by atoms with Crippen molar-refractivity contribution in [1.82, 2.24) is 5.32 Å². The minimum Gasteiger partial charge on any atom is -0.314 e. The molecule has 2 rings (SSSR count). The second-order valence-corrected chi connectivity index (χ2v) is 5.62. The quantitative estimate of drug-likeness (QED) is 0.838. The van der Waals surface area contributed by atoms with Crippen LogP contribution in [0.5, 0.6) is 0 Å². The zero-order valence-electron chi connectivity index (χ0n) is 9.17. The van der Waals surface area contributed by atoms with Gasteiger partial charge in [0.2, 0.25) is 0 Å². The van der Waals surface area contributed by atoms with Crippen LogP contribution in [0.3, 0.4) is 0 Å². The van der Waals surface area contributed by atoms with Gasteiger partial charge in [0.05, 0.1) is 0 Å². The second kappa shape index (κ2) is 5.30. The number of halogens is 1. The maximum atomic E-state index is 3.58. The minimum atomic E-state index is 0.772. The molecule has 1 fully saturated rings. The molecule has 1 nitrogen and oxygen atoms in total. The molecule has 0 amide bonds. The van der Waals surface area contributed by atoms with E-state index < -0.39 is 0 Å². The van der Waals surface area contributed by atoms with Gasteiger partial charge in [-0.15, -0.1) is 0 Å². The SMILES string of the molecule is CCCNC1CC(c2ccc(I)cc2)C1. The molecule has 1 aromatic carbocycles. The van der Waals surface area contributed by atoms with Gasteiger partial charge in [0.25, 0.3) is 0 Å². The van der Waals surface area contributed by atoms with Crippen LogP contribution in [0.1, 0.15) is 37.7 Å². The molecule has 0 atom stereocenters. The lowest BCUT2D eigenvalue weighted by Gasteiger charge is -2.36. The molecule has 0 saturated heterocycles. The normalized spacial score (nSPS) is 24.9. The molecule has 0 aromatic heterocycles. The van der Waals surface area contributed by atoms with Crippen LogP contribution in [0.4, 0.5) is 0 Å². The van der Waals surface area contributed by atoms with Crippen LogP contribution in [0.25, 0.3) is 0 Å². The van der Waals surface area contributed by atoms with Crippen molar-refractivity contribution in [3.05, 3.63) is 33.4 Å². The van der Waals surface area contributed by atoms with Crippen LogP contribution >= 0.6 is 22.6 Å². The fourth-order valence-corrected chi connectivity index (χ4v) is 2.50. The molecule has 15 heavy (non-hydrogen) atoms. The van der Waals surface area contributed by atoms with Crippen molar-refractivity contribution in [3.8, 4) is 0 Å². The van der Waals surface area contributed by atoms with Crippen LogP contribution in [-0.2, 0) is 0 Å². The van der Waals surface area contributed by atoms with E-state index in [1.165, 1.54) is 34.9 Å². The molecular weight excluding hydrogens is 297 g/mol. The molecule has 0 unspecified atom stereocenters. The van der Waals surface area contributed by atoms with Crippen molar-refractivity contribution in [3.63, 3.8) is 0 Å². The largest absolute Gasteiger partial charge is 0.314 e. The standard InChI is InChI=1S/C13H18IN/c1-2-7-15-13-8-11(9-13)10-3-5-12(14)6-4-10/h3-6,11,13,15H,2,7-9H2,1H3. The molecule has 1 aliphatic carbocycles. The van der Waals surface area contributed by atoms with Crippen LogP contribution in [-0.4, -0.2) is 12.6 Å². The van der Waals surface area contributed by atoms with Gasteiger partial charge in [0, 0.05) is 9.61 Å². The lowest BCUT2D eigenvalue weighted by Crippen LogP contribution is -2.40. The first-order valence-electron chi connectivity index (χ1n) is 5.78. The van der Waals surface area contributed by atoms with Crippen molar-refractivity contribution in [2.75, 3.05) is 6.54 Å². The highest BCUT2D eigenvalue weighted by Crippen LogP contribution is 2.36. The molecule has 0 bridgehead atoms. The highest BCUT2D eigenvalue weighted by atomic mass is 127. The first-order chi connectivity index (χ1) is 7.29. The Balaban J connectivity index is 1.81. The first-order valence-corrected chi connectivity index (χ1v) is 6.86. The third kappa shape index (κ3) is 2.94. The Kier molecular flexibility index (Phi) is 4.03. The summed E-state index contributed by atoms with van der Waals surface area (Å²) < 4.78 is 1.33.